The molecule has 5 heteroatoms. The Labute approximate surface area is 114 Å². The van der Waals surface area contributed by atoms with E-state index in [4.69, 9.17) is 0 Å². The van der Waals surface area contributed by atoms with Crippen LogP contribution in [0.3, 0.4) is 0 Å². The molecule has 1 aromatic rings. The van der Waals surface area contributed by atoms with Gasteiger partial charge in [0, 0.05) is 25.3 Å². The molecule has 0 atom stereocenters. The van der Waals surface area contributed by atoms with E-state index in [0.717, 1.165) is 31.5 Å². The van der Waals surface area contributed by atoms with Crippen molar-refractivity contribution in [3.05, 3.63) is 23.8 Å². The number of rotatable bonds is 2. The summed E-state index contributed by atoms with van der Waals surface area (Å²) in [5.74, 6) is 0.633. The van der Waals surface area contributed by atoms with Gasteiger partial charge in [-0.15, -0.1) is 0 Å². The number of anilines is 1. The van der Waals surface area contributed by atoms with Gasteiger partial charge in [0.05, 0.1) is 4.90 Å². The maximum Gasteiger partial charge on any atom is 0.243 e. The summed E-state index contributed by atoms with van der Waals surface area (Å²) < 4.78 is 26.8. The first-order chi connectivity index (χ1) is 9.07. The van der Waals surface area contributed by atoms with Crippen molar-refractivity contribution in [2.24, 2.45) is 5.92 Å². The van der Waals surface area contributed by atoms with Crippen molar-refractivity contribution >= 4 is 15.7 Å². The van der Waals surface area contributed by atoms with E-state index in [1.54, 1.807) is 16.4 Å². The minimum atomic E-state index is -3.31. The number of nitrogens with zero attached hydrogens (tertiary/aromatic N) is 1. The zero-order chi connectivity index (χ0) is 13.5. The highest BCUT2D eigenvalue weighted by atomic mass is 32.2. The predicted octanol–water partition coefficient (Wildman–Crippen LogP) is 2.08. The third-order valence-electron chi connectivity index (χ3n) is 4.17. The molecule has 1 aromatic carbocycles. The molecule has 3 rings (SSSR count). The lowest BCUT2D eigenvalue weighted by Gasteiger charge is -2.29. The third-order valence-corrected chi connectivity index (χ3v) is 6.07. The van der Waals surface area contributed by atoms with Crippen LogP contribution >= 0.6 is 0 Å². The fourth-order valence-corrected chi connectivity index (χ4v) is 4.30. The van der Waals surface area contributed by atoms with Crippen molar-refractivity contribution in [2.75, 3.05) is 25.0 Å². The van der Waals surface area contributed by atoms with Gasteiger partial charge in [0.1, 0.15) is 0 Å². The van der Waals surface area contributed by atoms with Gasteiger partial charge in [0.2, 0.25) is 10.0 Å². The summed E-state index contributed by atoms with van der Waals surface area (Å²) in [6.45, 7) is 4.38. The number of benzene rings is 1. The first kappa shape index (κ1) is 12.9. The molecule has 0 aliphatic carbocycles. The van der Waals surface area contributed by atoms with E-state index in [9.17, 15) is 8.42 Å². The SMILES string of the molecule is CC1CCN(S(=O)(=O)c2ccc3c(c2)NCC3)CC1. The second-order valence-corrected chi connectivity index (χ2v) is 7.52. The van der Waals surface area contributed by atoms with Crippen molar-refractivity contribution in [1.29, 1.82) is 0 Å². The van der Waals surface area contributed by atoms with E-state index in [-0.39, 0.29) is 0 Å². The summed E-state index contributed by atoms with van der Waals surface area (Å²) in [5, 5.41) is 3.24. The van der Waals surface area contributed by atoms with E-state index in [1.807, 2.05) is 6.07 Å². The summed E-state index contributed by atoms with van der Waals surface area (Å²) in [6, 6.07) is 5.48. The van der Waals surface area contributed by atoms with E-state index >= 15 is 0 Å². The van der Waals surface area contributed by atoms with Gasteiger partial charge in [-0.05, 0) is 42.9 Å². The number of nitrogens with one attached hydrogen (secondary N) is 1. The molecule has 0 radical (unpaired) electrons. The Bertz CT molecular complexity index is 575. The lowest BCUT2D eigenvalue weighted by molar-refractivity contribution is 0.288. The lowest BCUT2D eigenvalue weighted by atomic mass is 10.0. The standard InChI is InChI=1S/C14H20N2O2S/c1-11-5-8-16(9-6-11)19(17,18)13-3-2-12-4-7-15-14(12)10-13/h2-3,10-11,15H,4-9H2,1H3. The molecule has 0 bridgehead atoms. The molecular formula is C14H20N2O2S. The van der Waals surface area contributed by atoms with Crippen LogP contribution in [0.5, 0.6) is 0 Å². The molecule has 0 saturated carbocycles. The summed E-state index contributed by atoms with van der Waals surface area (Å²) in [7, 11) is -3.31. The van der Waals surface area contributed by atoms with Crippen molar-refractivity contribution < 1.29 is 8.42 Å². The minimum Gasteiger partial charge on any atom is -0.384 e. The fraction of sp³-hybridized carbons (Fsp3) is 0.571. The molecule has 0 unspecified atom stereocenters. The number of hydrogen-bond acceptors (Lipinski definition) is 3. The quantitative estimate of drug-likeness (QED) is 0.902. The van der Waals surface area contributed by atoms with Gasteiger partial charge in [-0.1, -0.05) is 13.0 Å². The van der Waals surface area contributed by atoms with Crippen LogP contribution in [0.25, 0.3) is 0 Å². The molecule has 0 spiro atoms. The normalized spacial score (nSPS) is 21.1. The smallest absolute Gasteiger partial charge is 0.243 e. The van der Waals surface area contributed by atoms with Gasteiger partial charge in [-0.3, -0.25) is 0 Å². The highest BCUT2D eigenvalue weighted by molar-refractivity contribution is 7.89. The van der Waals surface area contributed by atoms with Crippen LogP contribution < -0.4 is 5.32 Å². The van der Waals surface area contributed by atoms with Gasteiger partial charge in [0.15, 0.2) is 0 Å². The van der Waals surface area contributed by atoms with Crippen LogP contribution in [0, 0.1) is 5.92 Å². The number of sulfonamides is 1. The molecule has 1 N–H and O–H groups in total. The fourth-order valence-electron chi connectivity index (χ4n) is 2.80. The van der Waals surface area contributed by atoms with E-state index in [1.165, 1.54) is 5.56 Å². The Hall–Kier alpha value is -1.07. The van der Waals surface area contributed by atoms with Crippen LogP contribution in [0.4, 0.5) is 5.69 Å². The number of fused-ring (bicyclic) bond motifs is 1. The van der Waals surface area contributed by atoms with Gasteiger partial charge < -0.3 is 5.32 Å². The highest BCUT2D eigenvalue weighted by Crippen LogP contribution is 2.28. The number of piperidine rings is 1. The summed E-state index contributed by atoms with van der Waals surface area (Å²) in [5.41, 5.74) is 2.19. The first-order valence-electron chi connectivity index (χ1n) is 6.94. The molecule has 0 amide bonds. The molecule has 1 saturated heterocycles. The zero-order valence-electron chi connectivity index (χ0n) is 11.2. The molecule has 0 aromatic heterocycles. The van der Waals surface area contributed by atoms with Gasteiger partial charge >= 0.3 is 0 Å². The predicted molar refractivity (Wildman–Crippen MR) is 75.8 cm³/mol. The second-order valence-electron chi connectivity index (χ2n) is 5.58. The van der Waals surface area contributed by atoms with E-state index in [0.29, 0.717) is 23.9 Å². The van der Waals surface area contributed by atoms with E-state index in [2.05, 4.69) is 12.2 Å². The van der Waals surface area contributed by atoms with Crippen molar-refractivity contribution in [3.63, 3.8) is 0 Å². The molecule has 19 heavy (non-hydrogen) atoms. The Morgan fingerprint density at radius 1 is 1.26 bits per heavy atom. The maximum absolute atomic E-state index is 12.6. The summed E-state index contributed by atoms with van der Waals surface area (Å²) >= 11 is 0. The zero-order valence-corrected chi connectivity index (χ0v) is 12.0. The largest absolute Gasteiger partial charge is 0.384 e. The first-order valence-corrected chi connectivity index (χ1v) is 8.38. The number of hydrogen-bond donors (Lipinski definition) is 1. The average molecular weight is 280 g/mol. The van der Waals surface area contributed by atoms with Crippen molar-refractivity contribution in [2.45, 2.75) is 31.1 Å². The Kier molecular flexibility index (Phi) is 3.27. The van der Waals surface area contributed by atoms with Crippen LogP contribution in [0.2, 0.25) is 0 Å². The van der Waals surface area contributed by atoms with Crippen LogP contribution in [0.15, 0.2) is 23.1 Å². The van der Waals surface area contributed by atoms with Crippen molar-refractivity contribution in [1.82, 2.24) is 4.31 Å². The molecule has 2 aliphatic rings. The molecule has 104 valence electrons. The molecule has 2 heterocycles. The summed E-state index contributed by atoms with van der Waals surface area (Å²) in [6.07, 6.45) is 2.90. The molecule has 4 nitrogen and oxygen atoms in total. The van der Waals surface area contributed by atoms with E-state index < -0.39 is 10.0 Å². The van der Waals surface area contributed by atoms with Gasteiger partial charge in [-0.25, -0.2) is 8.42 Å². The van der Waals surface area contributed by atoms with Crippen molar-refractivity contribution in [3.8, 4) is 0 Å². The molecule has 2 aliphatic heterocycles. The van der Waals surface area contributed by atoms with Crippen LogP contribution in [-0.4, -0.2) is 32.4 Å². The minimum absolute atomic E-state index is 0.426. The Balaban J connectivity index is 1.88. The maximum atomic E-state index is 12.6. The van der Waals surface area contributed by atoms with Crippen LogP contribution in [-0.2, 0) is 16.4 Å². The highest BCUT2D eigenvalue weighted by Gasteiger charge is 2.28. The monoisotopic (exact) mass is 280 g/mol. The Morgan fingerprint density at radius 2 is 2.00 bits per heavy atom. The summed E-state index contributed by atoms with van der Waals surface area (Å²) in [4.78, 5) is 0.426. The third kappa shape index (κ3) is 2.37. The van der Waals surface area contributed by atoms with Gasteiger partial charge in [-0.2, -0.15) is 4.31 Å². The van der Waals surface area contributed by atoms with Gasteiger partial charge in [0.25, 0.3) is 0 Å². The molecule has 1 fully saturated rings. The molecular weight excluding hydrogens is 260 g/mol. The van der Waals surface area contributed by atoms with Crippen LogP contribution in [0.1, 0.15) is 25.3 Å². The second kappa shape index (κ2) is 4.80. The average Bonchev–Trinajstić information content (AvgIpc) is 2.86. The lowest BCUT2D eigenvalue weighted by Crippen LogP contribution is -2.37. The Morgan fingerprint density at radius 3 is 2.74 bits per heavy atom. The topological polar surface area (TPSA) is 49.4 Å².